The molecule has 0 amide bonds. The van der Waals surface area contributed by atoms with Gasteiger partial charge in [-0.05, 0) is 25.0 Å². The van der Waals surface area contributed by atoms with E-state index in [2.05, 4.69) is 29.4 Å². The van der Waals surface area contributed by atoms with Crippen LogP contribution in [-0.2, 0) is 9.53 Å². The molecule has 2 heterocycles. The van der Waals surface area contributed by atoms with Crippen LogP contribution >= 0.6 is 0 Å². The van der Waals surface area contributed by atoms with Crippen LogP contribution in [0.4, 0.5) is 0 Å². The maximum Gasteiger partial charge on any atom is 0.341 e. The van der Waals surface area contributed by atoms with Gasteiger partial charge in [0, 0.05) is 29.6 Å². The van der Waals surface area contributed by atoms with Gasteiger partial charge in [0.1, 0.15) is 0 Å². The van der Waals surface area contributed by atoms with Crippen LogP contribution in [0.5, 0.6) is 0 Å². The summed E-state index contributed by atoms with van der Waals surface area (Å²) in [6.45, 7) is 5.24. The monoisotopic (exact) mass is 298 g/mol. The summed E-state index contributed by atoms with van der Waals surface area (Å²) < 4.78 is 5.22. The number of carbonyl (C=O) groups is 1. The van der Waals surface area contributed by atoms with Gasteiger partial charge in [-0.1, -0.05) is 31.5 Å². The minimum absolute atomic E-state index is 0.278. The molecule has 2 N–H and O–H groups in total. The number of benzene rings is 1. The van der Waals surface area contributed by atoms with Gasteiger partial charge in [-0.2, -0.15) is 0 Å². The Balaban J connectivity index is 2.16. The van der Waals surface area contributed by atoms with Crippen molar-refractivity contribution in [1.82, 2.24) is 10.3 Å². The molecule has 3 rings (SSSR count). The quantitative estimate of drug-likeness (QED) is 0.849. The van der Waals surface area contributed by atoms with Crippen LogP contribution in [-0.4, -0.2) is 24.1 Å². The standard InChI is InChI=1S/C18H22N2O2/c1-3-7-12-10-19-11-14(18(21)22-4-2)17-16(12)13-8-5-6-9-15(13)20-17/h5-6,8-9,11-12,19-20H,3-4,7,10H2,1-2H3. The molecule has 1 aliphatic rings. The fourth-order valence-electron chi connectivity index (χ4n) is 3.24. The van der Waals surface area contributed by atoms with Crippen molar-refractivity contribution in [3.05, 3.63) is 41.7 Å². The Morgan fingerprint density at radius 1 is 1.32 bits per heavy atom. The number of carbonyl (C=O) groups excluding carboxylic acids is 1. The molecule has 22 heavy (non-hydrogen) atoms. The molecule has 1 unspecified atom stereocenters. The summed E-state index contributed by atoms with van der Waals surface area (Å²) in [6, 6.07) is 8.25. The van der Waals surface area contributed by atoms with Crippen LogP contribution in [0.3, 0.4) is 0 Å². The van der Waals surface area contributed by atoms with Crippen molar-refractivity contribution >= 4 is 22.4 Å². The zero-order chi connectivity index (χ0) is 15.5. The predicted molar refractivity (Wildman–Crippen MR) is 88.6 cm³/mol. The van der Waals surface area contributed by atoms with E-state index in [1.54, 1.807) is 6.20 Å². The maximum absolute atomic E-state index is 12.3. The van der Waals surface area contributed by atoms with Gasteiger partial charge >= 0.3 is 5.97 Å². The zero-order valence-corrected chi connectivity index (χ0v) is 13.1. The van der Waals surface area contributed by atoms with Gasteiger partial charge in [-0.25, -0.2) is 4.79 Å². The largest absolute Gasteiger partial charge is 0.462 e. The van der Waals surface area contributed by atoms with Crippen molar-refractivity contribution in [1.29, 1.82) is 0 Å². The van der Waals surface area contributed by atoms with E-state index >= 15 is 0 Å². The molecule has 0 spiro atoms. The van der Waals surface area contributed by atoms with Crippen molar-refractivity contribution in [3.8, 4) is 0 Å². The summed E-state index contributed by atoms with van der Waals surface area (Å²) in [5, 5.41) is 4.49. The lowest BCUT2D eigenvalue weighted by molar-refractivity contribution is -0.136. The summed E-state index contributed by atoms with van der Waals surface area (Å²) in [5.41, 5.74) is 3.81. The number of rotatable bonds is 4. The fraction of sp³-hybridized carbons (Fsp3) is 0.389. The van der Waals surface area contributed by atoms with Gasteiger partial charge in [-0.3, -0.25) is 0 Å². The van der Waals surface area contributed by atoms with E-state index in [4.69, 9.17) is 4.74 Å². The average Bonchev–Trinajstić information content (AvgIpc) is 2.80. The third kappa shape index (κ3) is 2.49. The normalized spacial score (nSPS) is 17.4. The number of hydrogen-bond acceptors (Lipinski definition) is 3. The highest BCUT2D eigenvalue weighted by atomic mass is 16.5. The van der Waals surface area contributed by atoms with Gasteiger partial charge in [0.25, 0.3) is 0 Å². The molecule has 1 aliphatic heterocycles. The molecule has 0 fully saturated rings. The van der Waals surface area contributed by atoms with Crippen LogP contribution in [0.1, 0.15) is 43.9 Å². The lowest BCUT2D eigenvalue weighted by Gasteiger charge is -2.15. The van der Waals surface area contributed by atoms with Crippen LogP contribution in [0.15, 0.2) is 30.5 Å². The first kappa shape index (κ1) is 14.7. The van der Waals surface area contributed by atoms with E-state index in [1.807, 2.05) is 19.1 Å². The number of aromatic amines is 1. The van der Waals surface area contributed by atoms with E-state index in [0.717, 1.165) is 30.6 Å². The summed E-state index contributed by atoms with van der Waals surface area (Å²) in [7, 11) is 0. The van der Waals surface area contributed by atoms with Crippen molar-refractivity contribution in [2.75, 3.05) is 13.2 Å². The number of aromatic nitrogens is 1. The molecule has 1 aromatic carbocycles. The van der Waals surface area contributed by atoms with Gasteiger partial charge in [0.15, 0.2) is 0 Å². The molecule has 0 aliphatic carbocycles. The Morgan fingerprint density at radius 2 is 2.14 bits per heavy atom. The van der Waals surface area contributed by atoms with Crippen LogP contribution in [0.2, 0.25) is 0 Å². The van der Waals surface area contributed by atoms with Gasteiger partial charge in [0.2, 0.25) is 0 Å². The number of hydrogen-bond donors (Lipinski definition) is 2. The average molecular weight is 298 g/mol. The van der Waals surface area contributed by atoms with Crippen LogP contribution < -0.4 is 5.32 Å². The first-order chi connectivity index (χ1) is 10.8. The Bertz CT molecular complexity index is 715. The van der Waals surface area contributed by atoms with E-state index < -0.39 is 0 Å². The first-order valence-corrected chi connectivity index (χ1v) is 7.97. The maximum atomic E-state index is 12.3. The van der Waals surface area contributed by atoms with E-state index in [-0.39, 0.29) is 5.97 Å². The highest BCUT2D eigenvalue weighted by molar-refractivity contribution is 6.17. The molecule has 0 saturated carbocycles. The van der Waals surface area contributed by atoms with Gasteiger partial charge < -0.3 is 15.0 Å². The van der Waals surface area contributed by atoms with Crippen molar-refractivity contribution < 1.29 is 9.53 Å². The molecule has 4 nitrogen and oxygen atoms in total. The van der Waals surface area contributed by atoms with E-state index in [9.17, 15) is 4.79 Å². The highest BCUT2D eigenvalue weighted by Crippen LogP contribution is 2.36. The lowest BCUT2D eigenvalue weighted by Crippen LogP contribution is -2.15. The van der Waals surface area contributed by atoms with Crippen molar-refractivity contribution in [2.24, 2.45) is 0 Å². The molecular formula is C18H22N2O2. The van der Waals surface area contributed by atoms with Crippen LogP contribution in [0, 0.1) is 0 Å². The Kier molecular flexibility index (Phi) is 4.18. The summed E-state index contributed by atoms with van der Waals surface area (Å²) >= 11 is 0. The fourth-order valence-corrected chi connectivity index (χ4v) is 3.24. The Labute approximate surface area is 130 Å². The summed E-state index contributed by atoms with van der Waals surface area (Å²) in [6.07, 6.45) is 3.99. The smallest absolute Gasteiger partial charge is 0.341 e. The minimum atomic E-state index is -0.278. The third-order valence-corrected chi connectivity index (χ3v) is 4.17. The van der Waals surface area contributed by atoms with E-state index in [1.165, 1.54) is 10.9 Å². The second kappa shape index (κ2) is 6.26. The second-order valence-corrected chi connectivity index (χ2v) is 5.63. The minimum Gasteiger partial charge on any atom is -0.462 e. The number of ether oxygens (including phenoxy) is 1. The second-order valence-electron chi connectivity index (χ2n) is 5.63. The zero-order valence-electron chi connectivity index (χ0n) is 13.1. The lowest BCUT2D eigenvalue weighted by atomic mass is 9.91. The third-order valence-electron chi connectivity index (χ3n) is 4.17. The van der Waals surface area contributed by atoms with E-state index in [0.29, 0.717) is 18.1 Å². The molecule has 1 atom stereocenters. The Hall–Kier alpha value is -2.23. The first-order valence-electron chi connectivity index (χ1n) is 7.97. The predicted octanol–water partition coefficient (Wildman–Crippen LogP) is 3.56. The van der Waals surface area contributed by atoms with Crippen molar-refractivity contribution in [3.63, 3.8) is 0 Å². The van der Waals surface area contributed by atoms with Gasteiger partial charge in [0.05, 0.1) is 17.9 Å². The molecule has 0 radical (unpaired) electrons. The molecule has 4 heteroatoms. The molecular weight excluding hydrogens is 276 g/mol. The molecule has 2 aromatic rings. The topological polar surface area (TPSA) is 54.1 Å². The number of fused-ring (bicyclic) bond motifs is 3. The molecule has 116 valence electrons. The number of nitrogens with one attached hydrogen (secondary N) is 2. The van der Waals surface area contributed by atoms with Gasteiger partial charge in [-0.15, -0.1) is 0 Å². The number of esters is 1. The molecule has 1 aromatic heterocycles. The van der Waals surface area contributed by atoms with Crippen molar-refractivity contribution in [2.45, 2.75) is 32.6 Å². The van der Waals surface area contributed by atoms with Crippen LogP contribution in [0.25, 0.3) is 16.5 Å². The summed E-state index contributed by atoms with van der Waals surface area (Å²) in [5.74, 6) is 0.110. The highest BCUT2D eigenvalue weighted by Gasteiger charge is 2.27. The molecule has 0 saturated heterocycles. The molecule has 0 bridgehead atoms. The summed E-state index contributed by atoms with van der Waals surface area (Å²) in [4.78, 5) is 15.7. The Morgan fingerprint density at radius 3 is 2.91 bits per heavy atom. The number of H-pyrrole nitrogens is 1. The SMILES string of the molecule is CCCC1CNC=C(C(=O)OCC)c2[nH]c3ccccc3c21. The number of para-hydroxylation sites is 1.